The second-order valence-electron chi connectivity index (χ2n) is 7.66. The lowest BCUT2D eigenvalue weighted by Gasteiger charge is -2.22. The van der Waals surface area contributed by atoms with Crippen LogP contribution in [0.2, 0.25) is 5.02 Å². The third-order valence-corrected chi connectivity index (χ3v) is 5.32. The summed E-state index contributed by atoms with van der Waals surface area (Å²) in [6.45, 7) is 0.513. The van der Waals surface area contributed by atoms with Crippen molar-refractivity contribution in [3.05, 3.63) is 46.5 Å². The molecule has 1 fully saturated rings. The van der Waals surface area contributed by atoms with Crippen LogP contribution in [0.5, 0.6) is 5.75 Å². The maximum Gasteiger partial charge on any atom is 0.422 e. The quantitative estimate of drug-likeness (QED) is 0.329. The van der Waals surface area contributed by atoms with E-state index in [1.165, 1.54) is 24.2 Å². The van der Waals surface area contributed by atoms with Crippen LogP contribution in [0.1, 0.15) is 22.5 Å². The number of aromatic nitrogens is 1. The minimum Gasteiger partial charge on any atom is -0.483 e. The normalized spacial score (nSPS) is 15.4. The number of pyridine rings is 1. The average molecular weight is 532 g/mol. The average Bonchev–Trinajstić information content (AvgIpc) is 3.04. The molecule has 0 aliphatic carbocycles. The zero-order chi connectivity index (χ0) is 26.5. The summed E-state index contributed by atoms with van der Waals surface area (Å²) in [4.78, 5) is 29.6. The summed E-state index contributed by atoms with van der Waals surface area (Å²) in [6, 6.07) is 3.05. The Morgan fingerprint density at radius 2 is 2.17 bits per heavy atom. The molecule has 1 aromatic carbocycles. The second kappa shape index (κ2) is 11.5. The predicted molar refractivity (Wildman–Crippen MR) is 124 cm³/mol. The number of hydrogen-bond donors (Lipinski definition) is 1. The van der Waals surface area contributed by atoms with Gasteiger partial charge >= 0.3 is 6.18 Å². The van der Waals surface area contributed by atoms with Crippen molar-refractivity contribution in [1.29, 1.82) is 0 Å². The van der Waals surface area contributed by atoms with Crippen molar-refractivity contribution in [1.82, 2.24) is 9.88 Å². The minimum absolute atomic E-state index is 0.0339. The van der Waals surface area contributed by atoms with Crippen molar-refractivity contribution in [2.75, 3.05) is 43.7 Å². The van der Waals surface area contributed by atoms with E-state index in [0.717, 1.165) is 17.1 Å². The van der Waals surface area contributed by atoms with E-state index in [4.69, 9.17) is 21.1 Å². The first kappa shape index (κ1) is 27.1. The Morgan fingerprint density at radius 1 is 1.42 bits per heavy atom. The number of hydrazone groups is 1. The van der Waals surface area contributed by atoms with Crippen LogP contribution < -0.4 is 15.1 Å². The number of hydrogen-bond acceptors (Lipinski definition) is 7. The molecule has 1 aromatic heterocycles. The van der Waals surface area contributed by atoms with E-state index < -0.39 is 35.8 Å². The molecule has 0 unspecified atom stereocenters. The molecule has 0 bridgehead atoms. The van der Waals surface area contributed by atoms with Crippen LogP contribution in [0.25, 0.3) is 0 Å². The highest BCUT2D eigenvalue weighted by Crippen LogP contribution is 2.32. The molecule has 1 aliphatic rings. The highest BCUT2D eigenvalue weighted by molar-refractivity contribution is 6.34. The smallest absolute Gasteiger partial charge is 0.422 e. The van der Waals surface area contributed by atoms with E-state index in [1.54, 1.807) is 6.92 Å². The lowest BCUT2D eigenvalue weighted by molar-refractivity contribution is -0.153. The van der Waals surface area contributed by atoms with Gasteiger partial charge in [0.05, 0.1) is 27.7 Å². The molecule has 2 aromatic rings. The first-order chi connectivity index (χ1) is 17.0. The summed E-state index contributed by atoms with van der Waals surface area (Å²) >= 11 is 6.08. The standard InChI is InChI=1S/C22H22ClF4N5O4/c1-13-20(15(23)4-5-28-13)29-21(34)14-8-16(24)17(9-18(14)36-11-22(25,26)27)31(2)30-19-10-35-7-3-6-32(19)12-33/h4-5,8-9,12H,3,6-7,10-11H2,1-2H3,(H,29,34)/b30-19-. The Bertz CT molecular complexity index is 1140. The van der Waals surface area contributed by atoms with Gasteiger partial charge in [-0.05, 0) is 25.5 Å². The van der Waals surface area contributed by atoms with Gasteiger partial charge in [-0.2, -0.15) is 18.3 Å². The fourth-order valence-corrected chi connectivity index (χ4v) is 3.49. The van der Waals surface area contributed by atoms with Crippen LogP contribution in [-0.2, 0) is 9.53 Å². The Hall–Kier alpha value is -3.45. The fraction of sp³-hybridized carbons (Fsp3) is 0.364. The maximum absolute atomic E-state index is 15.1. The number of nitrogens with zero attached hydrogens (tertiary/aromatic N) is 4. The Kier molecular flexibility index (Phi) is 8.69. The molecule has 14 heteroatoms. The van der Waals surface area contributed by atoms with Gasteiger partial charge in [-0.3, -0.25) is 24.5 Å². The maximum atomic E-state index is 15.1. The molecule has 9 nitrogen and oxygen atoms in total. The number of nitrogens with one attached hydrogen (secondary N) is 1. The van der Waals surface area contributed by atoms with Crippen LogP contribution in [-0.4, -0.2) is 67.6 Å². The lowest BCUT2D eigenvalue weighted by atomic mass is 10.1. The number of amides is 2. The van der Waals surface area contributed by atoms with Crippen molar-refractivity contribution < 1.29 is 36.6 Å². The van der Waals surface area contributed by atoms with Gasteiger partial charge < -0.3 is 14.8 Å². The Labute approximate surface area is 208 Å². The topological polar surface area (TPSA) is 96.4 Å². The van der Waals surface area contributed by atoms with Crippen LogP contribution in [0, 0.1) is 12.7 Å². The van der Waals surface area contributed by atoms with Crippen molar-refractivity contribution in [2.24, 2.45) is 5.10 Å². The molecule has 0 spiro atoms. The molecule has 1 N–H and O–H groups in total. The van der Waals surface area contributed by atoms with Crippen LogP contribution in [0.15, 0.2) is 29.5 Å². The first-order valence-corrected chi connectivity index (χ1v) is 10.9. The van der Waals surface area contributed by atoms with Crippen LogP contribution in [0.4, 0.5) is 28.9 Å². The van der Waals surface area contributed by atoms with Crippen molar-refractivity contribution in [2.45, 2.75) is 19.5 Å². The van der Waals surface area contributed by atoms with Gasteiger partial charge in [-0.15, -0.1) is 0 Å². The number of ether oxygens (including phenoxy) is 2. The van der Waals surface area contributed by atoms with Gasteiger partial charge in [0.15, 0.2) is 12.4 Å². The summed E-state index contributed by atoms with van der Waals surface area (Å²) in [5, 5.41) is 7.75. The summed E-state index contributed by atoms with van der Waals surface area (Å²) in [6.07, 6.45) is -2.20. The fourth-order valence-electron chi connectivity index (χ4n) is 3.25. The first-order valence-electron chi connectivity index (χ1n) is 10.6. The monoisotopic (exact) mass is 531 g/mol. The van der Waals surface area contributed by atoms with Gasteiger partial charge in [0.2, 0.25) is 6.41 Å². The predicted octanol–water partition coefficient (Wildman–Crippen LogP) is 4.00. The molecular formula is C22H22ClF4N5O4. The number of rotatable bonds is 7. The molecule has 0 saturated carbocycles. The van der Waals surface area contributed by atoms with E-state index in [2.05, 4.69) is 15.4 Å². The lowest BCUT2D eigenvalue weighted by Crippen LogP contribution is -2.34. The number of alkyl halides is 3. The third kappa shape index (κ3) is 6.82. The zero-order valence-corrected chi connectivity index (χ0v) is 20.0. The summed E-state index contributed by atoms with van der Waals surface area (Å²) < 4.78 is 64.0. The van der Waals surface area contributed by atoms with Gasteiger partial charge in [0.1, 0.15) is 18.2 Å². The molecule has 2 heterocycles. The van der Waals surface area contributed by atoms with Gasteiger partial charge in [0.25, 0.3) is 5.91 Å². The van der Waals surface area contributed by atoms with Crippen molar-refractivity contribution >= 4 is 41.1 Å². The largest absolute Gasteiger partial charge is 0.483 e. The van der Waals surface area contributed by atoms with Gasteiger partial charge in [0, 0.05) is 32.5 Å². The van der Waals surface area contributed by atoms with E-state index >= 15 is 4.39 Å². The van der Waals surface area contributed by atoms with E-state index in [9.17, 15) is 22.8 Å². The zero-order valence-electron chi connectivity index (χ0n) is 19.2. The summed E-state index contributed by atoms with van der Waals surface area (Å²) in [5.74, 6) is -2.32. The van der Waals surface area contributed by atoms with Gasteiger partial charge in [-0.25, -0.2) is 4.39 Å². The van der Waals surface area contributed by atoms with E-state index in [1.807, 2.05) is 0 Å². The van der Waals surface area contributed by atoms with Crippen molar-refractivity contribution in [3.63, 3.8) is 0 Å². The molecule has 2 amide bonds. The molecule has 1 aliphatic heterocycles. The van der Waals surface area contributed by atoms with Crippen molar-refractivity contribution in [3.8, 4) is 5.75 Å². The summed E-state index contributed by atoms with van der Waals surface area (Å²) in [7, 11) is 1.32. The Morgan fingerprint density at radius 3 is 2.83 bits per heavy atom. The number of carbonyl (C=O) groups is 2. The van der Waals surface area contributed by atoms with E-state index in [0.29, 0.717) is 31.7 Å². The number of halogens is 5. The molecule has 1 saturated heterocycles. The second-order valence-corrected chi connectivity index (χ2v) is 8.06. The molecule has 3 rings (SSSR count). The molecule has 0 atom stereocenters. The molecule has 36 heavy (non-hydrogen) atoms. The van der Waals surface area contributed by atoms with Crippen LogP contribution >= 0.6 is 11.6 Å². The van der Waals surface area contributed by atoms with Crippen LogP contribution in [0.3, 0.4) is 0 Å². The molecular weight excluding hydrogens is 510 g/mol. The SMILES string of the molecule is Cc1nccc(Cl)c1NC(=O)c1cc(F)c(N(C)/N=C2/COCCCN2C=O)cc1OCC(F)(F)F. The number of aryl methyl sites for hydroxylation is 1. The number of anilines is 2. The Balaban J connectivity index is 1.99. The summed E-state index contributed by atoms with van der Waals surface area (Å²) in [5.41, 5.74) is -0.358. The minimum atomic E-state index is -4.72. The number of carbonyl (C=O) groups excluding carboxylic acids is 2. The highest BCUT2D eigenvalue weighted by Gasteiger charge is 2.30. The molecule has 194 valence electrons. The number of amidine groups is 1. The van der Waals surface area contributed by atoms with E-state index in [-0.39, 0.29) is 28.8 Å². The third-order valence-electron chi connectivity index (χ3n) is 5.00. The highest BCUT2D eigenvalue weighted by atomic mass is 35.5. The van der Waals surface area contributed by atoms with Gasteiger partial charge in [-0.1, -0.05) is 11.6 Å². The molecule has 0 radical (unpaired) electrons. The number of benzene rings is 1.